The maximum atomic E-state index is 12.5. The van der Waals surface area contributed by atoms with E-state index in [1.54, 1.807) is 0 Å². The van der Waals surface area contributed by atoms with Gasteiger partial charge in [-0.1, -0.05) is 52.7 Å². The molecule has 152 valence electrons. The van der Waals surface area contributed by atoms with E-state index in [1.165, 1.54) is 42.4 Å². The Morgan fingerprint density at radius 2 is 1.56 bits per heavy atom. The van der Waals surface area contributed by atoms with Crippen molar-refractivity contribution >= 4 is 5.97 Å². The number of ether oxygens (including phenoxy) is 2. The lowest BCUT2D eigenvalue weighted by Gasteiger charge is -2.24. The van der Waals surface area contributed by atoms with Gasteiger partial charge in [0.1, 0.15) is 5.60 Å². The second kappa shape index (κ2) is 9.23. The summed E-state index contributed by atoms with van der Waals surface area (Å²) >= 11 is 0. The minimum absolute atomic E-state index is 0.152. The molecule has 0 atom stereocenters. The van der Waals surface area contributed by atoms with Crippen LogP contribution in [-0.4, -0.2) is 17.7 Å². The monoisotopic (exact) mass is 374 g/mol. The van der Waals surface area contributed by atoms with Crippen molar-refractivity contribution in [3.63, 3.8) is 0 Å². The van der Waals surface area contributed by atoms with Gasteiger partial charge in [-0.05, 0) is 67.7 Å². The van der Waals surface area contributed by atoms with Crippen LogP contribution < -0.4 is 0 Å². The summed E-state index contributed by atoms with van der Waals surface area (Å²) in [4.78, 5) is 12.5. The van der Waals surface area contributed by atoms with Crippen molar-refractivity contribution in [2.75, 3.05) is 0 Å². The third kappa shape index (κ3) is 6.64. The van der Waals surface area contributed by atoms with Gasteiger partial charge in [0.2, 0.25) is 0 Å². The van der Waals surface area contributed by atoms with Crippen LogP contribution in [0.3, 0.4) is 0 Å². The van der Waals surface area contributed by atoms with Gasteiger partial charge in [0.25, 0.3) is 0 Å². The number of carbonyl (C=O) groups is 1. The molecule has 1 saturated carbocycles. The summed E-state index contributed by atoms with van der Waals surface area (Å²) in [6.07, 6.45) is 5.69. The molecule has 0 unspecified atom stereocenters. The number of carbonyl (C=O) groups excluding carboxylic acids is 1. The summed E-state index contributed by atoms with van der Waals surface area (Å²) < 4.78 is 11.7. The highest BCUT2D eigenvalue weighted by Gasteiger charge is 2.23. The lowest BCUT2D eigenvalue weighted by Crippen LogP contribution is -2.25. The Morgan fingerprint density at radius 3 is 2.00 bits per heavy atom. The Hall–Kier alpha value is -1.35. The summed E-state index contributed by atoms with van der Waals surface area (Å²) in [6.45, 7) is 15.2. The van der Waals surface area contributed by atoms with E-state index in [0.29, 0.717) is 31.0 Å². The van der Waals surface area contributed by atoms with Crippen molar-refractivity contribution in [2.24, 2.45) is 0 Å². The Balaban J connectivity index is 2.28. The molecule has 1 aliphatic carbocycles. The zero-order valence-electron chi connectivity index (χ0n) is 18.4. The predicted octanol–water partition coefficient (Wildman–Crippen LogP) is 6.28. The van der Waals surface area contributed by atoms with E-state index in [0.717, 1.165) is 5.56 Å². The molecule has 3 nitrogen and oxygen atoms in total. The normalized spacial score (nSPS) is 15.7. The van der Waals surface area contributed by atoms with Gasteiger partial charge in [0.05, 0.1) is 19.1 Å². The molecule has 0 amide bonds. The standard InChI is InChI=1S/C24H38O3/c1-16(2)20-12-18(15-26-19-10-8-9-11-19)13-21(17(3)4)22(20)14-23(25)27-24(5,6)7/h12-13,16-17,19H,8-11,14-15H2,1-7H3. The van der Waals surface area contributed by atoms with Gasteiger partial charge in [-0.25, -0.2) is 0 Å². The average molecular weight is 375 g/mol. The fraction of sp³-hybridized carbons (Fsp3) is 0.708. The third-order valence-corrected chi connectivity index (χ3v) is 5.15. The first kappa shape index (κ1) is 21.9. The first-order valence-corrected chi connectivity index (χ1v) is 10.6. The minimum Gasteiger partial charge on any atom is -0.460 e. The summed E-state index contributed by atoms with van der Waals surface area (Å²) in [5.41, 5.74) is 4.40. The number of hydrogen-bond donors (Lipinski definition) is 0. The molecule has 0 saturated heterocycles. The van der Waals surface area contributed by atoms with Crippen molar-refractivity contribution in [3.05, 3.63) is 34.4 Å². The van der Waals surface area contributed by atoms with Crippen LogP contribution in [0.1, 0.15) is 108 Å². The van der Waals surface area contributed by atoms with Gasteiger partial charge in [-0.15, -0.1) is 0 Å². The van der Waals surface area contributed by atoms with Crippen molar-refractivity contribution in [2.45, 2.75) is 111 Å². The number of esters is 1. The van der Waals surface area contributed by atoms with E-state index in [4.69, 9.17) is 9.47 Å². The highest BCUT2D eigenvalue weighted by Crippen LogP contribution is 2.31. The Kier molecular flexibility index (Phi) is 7.50. The average Bonchev–Trinajstić information content (AvgIpc) is 3.04. The summed E-state index contributed by atoms with van der Waals surface area (Å²) in [6, 6.07) is 4.48. The van der Waals surface area contributed by atoms with E-state index >= 15 is 0 Å². The third-order valence-electron chi connectivity index (χ3n) is 5.15. The van der Waals surface area contributed by atoms with Crippen molar-refractivity contribution < 1.29 is 14.3 Å². The molecule has 1 aromatic carbocycles. The minimum atomic E-state index is -0.456. The molecule has 0 bridgehead atoms. The lowest BCUT2D eigenvalue weighted by molar-refractivity contribution is -0.153. The fourth-order valence-corrected chi connectivity index (χ4v) is 3.89. The van der Waals surface area contributed by atoms with E-state index in [1.807, 2.05) is 20.8 Å². The van der Waals surface area contributed by atoms with Gasteiger partial charge >= 0.3 is 5.97 Å². The topological polar surface area (TPSA) is 35.5 Å². The Labute approximate surface area is 165 Å². The fourth-order valence-electron chi connectivity index (χ4n) is 3.89. The maximum absolute atomic E-state index is 12.5. The van der Waals surface area contributed by atoms with Crippen LogP contribution in [0.25, 0.3) is 0 Å². The van der Waals surface area contributed by atoms with E-state index in [9.17, 15) is 4.79 Å². The van der Waals surface area contributed by atoms with Gasteiger partial charge in [0, 0.05) is 0 Å². The SMILES string of the molecule is CC(C)c1cc(COC2CCCC2)cc(C(C)C)c1CC(=O)OC(C)(C)C. The van der Waals surface area contributed by atoms with Crippen LogP contribution in [0.5, 0.6) is 0 Å². The van der Waals surface area contributed by atoms with E-state index in [2.05, 4.69) is 39.8 Å². The van der Waals surface area contributed by atoms with Crippen LogP contribution in [0.4, 0.5) is 0 Å². The lowest BCUT2D eigenvalue weighted by atomic mass is 9.85. The predicted molar refractivity (Wildman–Crippen MR) is 111 cm³/mol. The molecule has 0 radical (unpaired) electrons. The van der Waals surface area contributed by atoms with Gasteiger partial charge < -0.3 is 9.47 Å². The highest BCUT2D eigenvalue weighted by atomic mass is 16.6. The largest absolute Gasteiger partial charge is 0.460 e. The molecule has 1 aliphatic rings. The van der Waals surface area contributed by atoms with Gasteiger partial charge in [0.15, 0.2) is 0 Å². The maximum Gasteiger partial charge on any atom is 0.310 e. The second-order valence-corrected chi connectivity index (χ2v) is 9.54. The molecule has 1 aromatic rings. The molecule has 3 heteroatoms. The first-order valence-electron chi connectivity index (χ1n) is 10.6. The van der Waals surface area contributed by atoms with E-state index < -0.39 is 5.60 Å². The molecule has 27 heavy (non-hydrogen) atoms. The van der Waals surface area contributed by atoms with Crippen LogP contribution in [0, 0.1) is 0 Å². The summed E-state index contributed by atoms with van der Waals surface area (Å²) in [5, 5.41) is 0. The number of benzene rings is 1. The summed E-state index contributed by atoms with van der Waals surface area (Å²) in [7, 11) is 0. The zero-order valence-corrected chi connectivity index (χ0v) is 18.4. The Bertz CT molecular complexity index is 603. The highest BCUT2D eigenvalue weighted by molar-refractivity contribution is 5.74. The van der Waals surface area contributed by atoms with Crippen molar-refractivity contribution in [1.82, 2.24) is 0 Å². The molecule has 0 aliphatic heterocycles. The smallest absolute Gasteiger partial charge is 0.310 e. The molecular weight excluding hydrogens is 336 g/mol. The van der Waals surface area contributed by atoms with Crippen LogP contribution >= 0.6 is 0 Å². The molecule has 0 N–H and O–H groups in total. The zero-order chi connectivity index (χ0) is 20.2. The van der Waals surface area contributed by atoms with Gasteiger partial charge in [-0.2, -0.15) is 0 Å². The molecule has 2 rings (SSSR count). The first-order chi connectivity index (χ1) is 12.6. The quantitative estimate of drug-likeness (QED) is 0.527. The summed E-state index contributed by atoms with van der Waals surface area (Å²) in [5.74, 6) is 0.555. The molecular formula is C24H38O3. The molecule has 1 fully saturated rings. The van der Waals surface area contributed by atoms with Crippen LogP contribution in [-0.2, 0) is 27.3 Å². The number of rotatable bonds is 7. The Morgan fingerprint density at radius 1 is 1.04 bits per heavy atom. The second-order valence-electron chi connectivity index (χ2n) is 9.54. The van der Waals surface area contributed by atoms with Crippen LogP contribution in [0.2, 0.25) is 0 Å². The van der Waals surface area contributed by atoms with Crippen molar-refractivity contribution in [3.8, 4) is 0 Å². The van der Waals surface area contributed by atoms with Crippen molar-refractivity contribution in [1.29, 1.82) is 0 Å². The van der Waals surface area contributed by atoms with E-state index in [-0.39, 0.29) is 5.97 Å². The van der Waals surface area contributed by atoms with Crippen LogP contribution in [0.15, 0.2) is 12.1 Å². The van der Waals surface area contributed by atoms with Gasteiger partial charge in [-0.3, -0.25) is 4.79 Å². The molecule has 0 aromatic heterocycles. The molecule has 0 heterocycles. The number of hydrogen-bond acceptors (Lipinski definition) is 3. The molecule has 0 spiro atoms.